The number of carbonyl (C=O) groups excluding carboxylic acids is 1. The van der Waals surface area contributed by atoms with Gasteiger partial charge >= 0.3 is 0 Å². The molecule has 0 spiro atoms. The van der Waals surface area contributed by atoms with Crippen LogP contribution in [0.5, 0.6) is 5.75 Å². The highest BCUT2D eigenvalue weighted by Gasteiger charge is 2.25. The Labute approximate surface area is 120 Å². The maximum atomic E-state index is 13.8. The van der Waals surface area contributed by atoms with Gasteiger partial charge in [-0.05, 0) is 24.3 Å². The van der Waals surface area contributed by atoms with E-state index in [-0.39, 0.29) is 0 Å². The van der Waals surface area contributed by atoms with Crippen LogP contribution in [-0.2, 0) is 4.79 Å². The first-order chi connectivity index (χ1) is 10.0. The number of ether oxygens (including phenoxy) is 1. The second-order valence-electron chi connectivity index (χ2n) is 4.35. The highest BCUT2D eigenvalue weighted by atomic mass is 19.1. The first-order valence-corrected chi connectivity index (χ1v) is 6.16. The molecule has 2 rings (SSSR count). The summed E-state index contributed by atoms with van der Waals surface area (Å²) in [7, 11) is 1.49. The number of hydrogen-bond acceptors (Lipinski definition) is 3. The van der Waals surface area contributed by atoms with E-state index >= 15 is 0 Å². The summed E-state index contributed by atoms with van der Waals surface area (Å²) < 4.78 is 32.6. The predicted molar refractivity (Wildman–Crippen MR) is 74.9 cm³/mol. The lowest BCUT2D eigenvalue weighted by molar-refractivity contribution is -0.119. The second-order valence-corrected chi connectivity index (χ2v) is 4.35. The lowest BCUT2D eigenvalue weighted by atomic mass is 10.0. The van der Waals surface area contributed by atoms with Gasteiger partial charge in [-0.2, -0.15) is 0 Å². The van der Waals surface area contributed by atoms with E-state index in [0.29, 0.717) is 11.4 Å². The van der Waals surface area contributed by atoms with E-state index in [1.54, 1.807) is 24.3 Å². The van der Waals surface area contributed by atoms with Crippen LogP contribution >= 0.6 is 0 Å². The lowest BCUT2D eigenvalue weighted by Crippen LogP contribution is -2.29. The Hall–Kier alpha value is -2.63. The number of amides is 1. The molecule has 0 saturated carbocycles. The van der Waals surface area contributed by atoms with Crippen molar-refractivity contribution in [3.63, 3.8) is 0 Å². The molecule has 4 nitrogen and oxygen atoms in total. The Balaban J connectivity index is 2.38. The van der Waals surface area contributed by atoms with Gasteiger partial charge in [-0.1, -0.05) is 12.1 Å². The molecule has 2 aromatic rings. The Kier molecular flexibility index (Phi) is 4.37. The predicted octanol–water partition coefficient (Wildman–Crippen LogP) is 2.61. The van der Waals surface area contributed by atoms with Crippen molar-refractivity contribution in [1.82, 2.24) is 0 Å². The van der Waals surface area contributed by atoms with Crippen molar-refractivity contribution in [1.29, 1.82) is 0 Å². The Bertz CT molecular complexity index is 642. The van der Waals surface area contributed by atoms with Crippen LogP contribution in [0.1, 0.15) is 11.6 Å². The Morgan fingerprint density at radius 2 is 1.81 bits per heavy atom. The van der Waals surface area contributed by atoms with Gasteiger partial charge in [-0.15, -0.1) is 0 Å². The molecule has 0 fully saturated rings. The van der Waals surface area contributed by atoms with E-state index in [4.69, 9.17) is 10.5 Å². The molecule has 110 valence electrons. The van der Waals surface area contributed by atoms with Crippen molar-refractivity contribution in [2.45, 2.75) is 6.04 Å². The van der Waals surface area contributed by atoms with Gasteiger partial charge in [0.15, 0.2) is 0 Å². The average Bonchev–Trinajstić information content (AvgIpc) is 2.46. The molecule has 0 aliphatic heterocycles. The Morgan fingerprint density at radius 1 is 1.19 bits per heavy atom. The normalized spacial score (nSPS) is 11.8. The quantitative estimate of drug-likeness (QED) is 0.890. The standard InChI is InChI=1S/C15H14F2N2O2/c1-21-10-5-2-4-9(8-10)19-14(15(18)20)13-11(16)6-3-7-12(13)17/h2-8,14,19H,1H3,(H2,18,20). The number of benzene rings is 2. The summed E-state index contributed by atoms with van der Waals surface area (Å²) in [6.07, 6.45) is 0. The van der Waals surface area contributed by atoms with Crippen LogP contribution in [0.25, 0.3) is 0 Å². The fraction of sp³-hybridized carbons (Fsp3) is 0.133. The van der Waals surface area contributed by atoms with Gasteiger partial charge in [-0.3, -0.25) is 4.79 Å². The largest absolute Gasteiger partial charge is 0.497 e. The minimum atomic E-state index is -1.32. The maximum Gasteiger partial charge on any atom is 0.244 e. The zero-order chi connectivity index (χ0) is 15.4. The van der Waals surface area contributed by atoms with Crippen molar-refractivity contribution >= 4 is 11.6 Å². The summed E-state index contributed by atoms with van der Waals surface area (Å²) in [6, 6.07) is 8.65. The zero-order valence-electron chi connectivity index (χ0n) is 11.3. The minimum absolute atomic E-state index is 0.409. The molecular formula is C15H14F2N2O2. The number of methoxy groups -OCH3 is 1. The summed E-state index contributed by atoms with van der Waals surface area (Å²) >= 11 is 0. The van der Waals surface area contributed by atoms with Gasteiger partial charge in [0.25, 0.3) is 0 Å². The van der Waals surface area contributed by atoms with Gasteiger partial charge in [0.2, 0.25) is 5.91 Å². The van der Waals surface area contributed by atoms with E-state index < -0.39 is 29.1 Å². The van der Waals surface area contributed by atoms with Crippen LogP contribution in [0.2, 0.25) is 0 Å². The van der Waals surface area contributed by atoms with Crippen molar-refractivity contribution in [2.24, 2.45) is 5.73 Å². The summed E-state index contributed by atoms with van der Waals surface area (Å²) in [5.41, 5.74) is 5.31. The van der Waals surface area contributed by atoms with Crippen LogP contribution in [0, 0.1) is 11.6 Å². The molecule has 3 N–H and O–H groups in total. The molecule has 0 saturated heterocycles. The summed E-state index contributed by atoms with van der Waals surface area (Å²) in [6.45, 7) is 0. The maximum absolute atomic E-state index is 13.8. The van der Waals surface area contributed by atoms with Crippen molar-refractivity contribution in [3.8, 4) is 5.75 Å². The number of halogens is 2. The number of primary amides is 1. The molecular weight excluding hydrogens is 278 g/mol. The van der Waals surface area contributed by atoms with Gasteiger partial charge in [0.05, 0.1) is 12.7 Å². The SMILES string of the molecule is COc1cccc(NC(C(N)=O)c2c(F)cccc2F)c1. The molecule has 0 radical (unpaired) electrons. The van der Waals surface area contributed by atoms with E-state index in [1.165, 1.54) is 13.2 Å². The zero-order valence-corrected chi connectivity index (χ0v) is 11.3. The molecule has 1 unspecified atom stereocenters. The van der Waals surface area contributed by atoms with Crippen LogP contribution in [-0.4, -0.2) is 13.0 Å². The van der Waals surface area contributed by atoms with Crippen LogP contribution in [0.4, 0.5) is 14.5 Å². The highest BCUT2D eigenvalue weighted by Crippen LogP contribution is 2.26. The van der Waals surface area contributed by atoms with E-state index in [9.17, 15) is 13.6 Å². The van der Waals surface area contributed by atoms with E-state index in [2.05, 4.69) is 5.32 Å². The first kappa shape index (κ1) is 14.8. The molecule has 0 aliphatic carbocycles. The van der Waals surface area contributed by atoms with Crippen molar-refractivity contribution in [2.75, 3.05) is 12.4 Å². The third-order valence-electron chi connectivity index (χ3n) is 2.95. The molecule has 1 atom stereocenters. The number of nitrogens with one attached hydrogen (secondary N) is 1. The molecule has 0 bridgehead atoms. The van der Waals surface area contributed by atoms with Gasteiger partial charge in [-0.25, -0.2) is 8.78 Å². The molecule has 1 amide bonds. The Morgan fingerprint density at radius 3 is 2.38 bits per heavy atom. The summed E-state index contributed by atoms with van der Waals surface area (Å²) in [5.74, 6) is -2.03. The van der Waals surface area contributed by atoms with Crippen molar-refractivity contribution in [3.05, 3.63) is 59.7 Å². The fourth-order valence-electron chi connectivity index (χ4n) is 1.95. The molecule has 6 heteroatoms. The lowest BCUT2D eigenvalue weighted by Gasteiger charge is -2.18. The number of nitrogens with two attached hydrogens (primary N) is 1. The van der Waals surface area contributed by atoms with Crippen LogP contribution in [0.15, 0.2) is 42.5 Å². The molecule has 0 aromatic heterocycles. The third kappa shape index (κ3) is 3.28. The van der Waals surface area contributed by atoms with Crippen LogP contribution < -0.4 is 15.8 Å². The van der Waals surface area contributed by atoms with Gasteiger partial charge in [0, 0.05) is 11.8 Å². The smallest absolute Gasteiger partial charge is 0.244 e. The second kappa shape index (κ2) is 6.21. The average molecular weight is 292 g/mol. The third-order valence-corrected chi connectivity index (χ3v) is 2.95. The number of carbonyl (C=O) groups is 1. The van der Waals surface area contributed by atoms with Gasteiger partial charge in [0.1, 0.15) is 23.4 Å². The van der Waals surface area contributed by atoms with Crippen LogP contribution in [0.3, 0.4) is 0 Å². The fourth-order valence-corrected chi connectivity index (χ4v) is 1.95. The topological polar surface area (TPSA) is 64.3 Å². The summed E-state index contributed by atoms with van der Waals surface area (Å²) in [4.78, 5) is 11.6. The minimum Gasteiger partial charge on any atom is -0.497 e. The molecule has 0 heterocycles. The number of rotatable bonds is 5. The van der Waals surface area contributed by atoms with E-state index in [0.717, 1.165) is 12.1 Å². The number of anilines is 1. The molecule has 2 aromatic carbocycles. The van der Waals surface area contributed by atoms with Crippen molar-refractivity contribution < 1.29 is 18.3 Å². The highest BCUT2D eigenvalue weighted by molar-refractivity contribution is 5.84. The molecule has 21 heavy (non-hydrogen) atoms. The summed E-state index contributed by atoms with van der Waals surface area (Å²) in [5, 5.41) is 2.72. The van der Waals surface area contributed by atoms with E-state index in [1.807, 2.05) is 0 Å². The first-order valence-electron chi connectivity index (χ1n) is 6.16. The van der Waals surface area contributed by atoms with Gasteiger partial charge < -0.3 is 15.8 Å². The number of hydrogen-bond donors (Lipinski definition) is 2. The monoisotopic (exact) mass is 292 g/mol. The molecule has 0 aliphatic rings.